The molecule has 1 fully saturated rings. The average molecular weight is 186 g/mol. The standard InChI is InChI=1S/C8H13NO4/c10-7(11)5-9-3-1-6(2-4-9)8(12)13/h6H,1-5H2,(H,10,11)(H,12,13)/p-1. The summed E-state index contributed by atoms with van der Waals surface area (Å²) in [6.07, 6.45) is 1.01. The van der Waals surface area contributed by atoms with Crippen LogP contribution in [0, 0.1) is 5.92 Å². The highest BCUT2D eigenvalue weighted by Crippen LogP contribution is 2.07. The van der Waals surface area contributed by atoms with Crippen LogP contribution in [0.2, 0.25) is 0 Å². The lowest BCUT2D eigenvalue weighted by Gasteiger charge is -2.29. The molecule has 1 N–H and O–H groups in total. The van der Waals surface area contributed by atoms with E-state index in [1.807, 2.05) is 0 Å². The van der Waals surface area contributed by atoms with Crippen LogP contribution in [0.25, 0.3) is 0 Å². The van der Waals surface area contributed by atoms with Crippen LogP contribution in [-0.2, 0) is 9.59 Å². The van der Waals surface area contributed by atoms with Gasteiger partial charge in [0.2, 0.25) is 0 Å². The molecule has 1 aliphatic heterocycles. The average Bonchev–Trinajstić information content (AvgIpc) is 2.04. The zero-order valence-electron chi connectivity index (χ0n) is 7.25. The van der Waals surface area contributed by atoms with E-state index in [0.717, 1.165) is 4.90 Å². The Bertz CT molecular complexity index is 208. The molecule has 0 bridgehead atoms. The highest BCUT2D eigenvalue weighted by molar-refractivity contribution is 5.67. The van der Waals surface area contributed by atoms with E-state index in [2.05, 4.69) is 0 Å². The first-order chi connectivity index (χ1) is 6.09. The third-order valence-corrected chi connectivity index (χ3v) is 2.42. The number of piperidine rings is 1. The maximum Gasteiger partial charge on any atom is 0.117 e. The van der Waals surface area contributed by atoms with Crippen molar-refractivity contribution in [3.05, 3.63) is 0 Å². The Labute approximate surface area is 76.0 Å². The minimum absolute atomic E-state index is 0.0280. The highest BCUT2D eigenvalue weighted by Gasteiger charge is 2.22. The maximum atomic E-state index is 10.4. The summed E-state index contributed by atoms with van der Waals surface area (Å²) in [7, 11) is 0. The number of aliphatic carboxylic acids is 2. The van der Waals surface area contributed by atoms with Gasteiger partial charge in [0.05, 0.1) is 19.1 Å². The number of carboxylic acids is 2. The highest BCUT2D eigenvalue weighted by atomic mass is 16.4. The molecule has 0 aromatic heterocycles. The third-order valence-electron chi connectivity index (χ3n) is 2.42. The Morgan fingerprint density at radius 3 is 2.15 bits per heavy atom. The normalized spacial score (nSPS) is 28.3. The lowest BCUT2D eigenvalue weighted by molar-refractivity contribution is -0.900. The monoisotopic (exact) mass is 186 g/mol. The third kappa shape index (κ3) is 3.02. The van der Waals surface area contributed by atoms with E-state index in [0.29, 0.717) is 25.9 Å². The molecule has 5 heteroatoms. The summed E-state index contributed by atoms with van der Waals surface area (Å²) in [6, 6.07) is 0. The molecular weight excluding hydrogens is 174 g/mol. The summed E-state index contributed by atoms with van der Waals surface area (Å²) in [5.74, 6) is -2.50. The van der Waals surface area contributed by atoms with Crippen LogP contribution < -0.4 is 15.1 Å². The smallest absolute Gasteiger partial charge is 0.117 e. The fraction of sp³-hybridized carbons (Fsp3) is 0.750. The summed E-state index contributed by atoms with van der Waals surface area (Å²) in [5.41, 5.74) is 0. The quantitative estimate of drug-likeness (QED) is 0.484. The van der Waals surface area contributed by atoms with E-state index in [1.165, 1.54) is 0 Å². The molecule has 1 aliphatic rings. The molecule has 0 spiro atoms. The Morgan fingerprint density at radius 2 is 1.77 bits per heavy atom. The summed E-state index contributed by atoms with van der Waals surface area (Å²) in [5, 5.41) is 20.7. The van der Waals surface area contributed by atoms with Crippen molar-refractivity contribution in [2.75, 3.05) is 19.6 Å². The first kappa shape index (κ1) is 9.98. The number of hydrogen-bond donors (Lipinski definition) is 1. The molecule has 1 heterocycles. The predicted octanol–water partition coefficient (Wildman–Crippen LogP) is -4.22. The van der Waals surface area contributed by atoms with Crippen molar-refractivity contribution in [1.29, 1.82) is 0 Å². The number of carboxylic acid groups (broad SMARTS) is 2. The van der Waals surface area contributed by atoms with Gasteiger partial charge >= 0.3 is 0 Å². The fourth-order valence-electron chi connectivity index (χ4n) is 1.64. The summed E-state index contributed by atoms with van der Waals surface area (Å²) >= 11 is 0. The van der Waals surface area contributed by atoms with E-state index in [-0.39, 0.29) is 6.54 Å². The van der Waals surface area contributed by atoms with Gasteiger partial charge in [0.15, 0.2) is 0 Å². The number of hydrogen-bond acceptors (Lipinski definition) is 4. The van der Waals surface area contributed by atoms with Crippen LogP contribution in [0.5, 0.6) is 0 Å². The molecule has 0 atom stereocenters. The van der Waals surface area contributed by atoms with Gasteiger partial charge in [-0.2, -0.15) is 0 Å². The van der Waals surface area contributed by atoms with Crippen molar-refractivity contribution in [2.24, 2.45) is 5.92 Å². The molecule has 0 aliphatic carbocycles. The minimum Gasteiger partial charge on any atom is -0.550 e. The van der Waals surface area contributed by atoms with E-state index in [1.54, 1.807) is 0 Å². The largest absolute Gasteiger partial charge is 0.550 e. The van der Waals surface area contributed by atoms with Crippen LogP contribution in [-0.4, -0.2) is 31.6 Å². The van der Waals surface area contributed by atoms with Crippen molar-refractivity contribution in [3.63, 3.8) is 0 Å². The number of carbonyl (C=O) groups excluding carboxylic acids is 2. The van der Waals surface area contributed by atoms with Gasteiger partial charge in [0.25, 0.3) is 0 Å². The molecule has 0 saturated carbocycles. The van der Waals surface area contributed by atoms with Crippen molar-refractivity contribution in [1.82, 2.24) is 0 Å². The van der Waals surface area contributed by atoms with Crippen LogP contribution in [0.3, 0.4) is 0 Å². The van der Waals surface area contributed by atoms with E-state index in [9.17, 15) is 19.8 Å². The number of carbonyl (C=O) groups is 2. The van der Waals surface area contributed by atoms with Gasteiger partial charge in [-0.15, -0.1) is 0 Å². The second-order valence-electron chi connectivity index (χ2n) is 3.39. The fourth-order valence-corrected chi connectivity index (χ4v) is 1.64. The lowest BCUT2D eigenvalue weighted by Crippen LogP contribution is -3.14. The molecule has 0 amide bonds. The van der Waals surface area contributed by atoms with Gasteiger partial charge < -0.3 is 24.7 Å². The number of rotatable bonds is 3. The number of nitrogens with one attached hydrogen (secondary N) is 1. The molecule has 74 valence electrons. The van der Waals surface area contributed by atoms with Gasteiger partial charge in [-0.3, -0.25) is 0 Å². The van der Waals surface area contributed by atoms with Crippen LogP contribution in [0.4, 0.5) is 0 Å². The molecule has 0 unspecified atom stereocenters. The lowest BCUT2D eigenvalue weighted by atomic mass is 9.97. The Kier molecular flexibility index (Phi) is 3.25. The van der Waals surface area contributed by atoms with Gasteiger partial charge in [0.1, 0.15) is 6.54 Å². The number of likely N-dealkylation sites (tertiary alicyclic amines) is 1. The Balaban J connectivity index is 2.30. The molecule has 1 saturated heterocycles. The van der Waals surface area contributed by atoms with Crippen LogP contribution in [0.15, 0.2) is 0 Å². The summed E-state index contributed by atoms with van der Waals surface area (Å²) in [4.78, 5) is 21.5. The van der Waals surface area contributed by atoms with E-state index < -0.39 is 17.9 Å². The topological polar surface area (TPSA) is 84.7 Å². The van der Waals surface area contributed by atoms with Crippen LogP contribution >= 0.6 is 0 Å². The zero-order valence-corrected chi connectivity index (χ0v) is 7.25. The van der Waals surface area contributed by atoms with E-state index >= 15 is 0 Å². The minimum atomic E-state index is -1.08. The second-order valence-corrected chi connectivity index (χ2v) is 3.39. The molecule has 0 aromatic rings. The van der Waals surface area contributed by atoms with Crippen molar-refractivity contribution in [3.8, 4) is 0 Å². The van der Waals surface area contributed by atoms with Gasteiger partial charge in [-0.25, -0.2) is 0 Å². The van der Waals surface area contributed by atoms with Gasteiger partial charge in [-0.1, -0.05) is 0 Å². The molecule has 1 rings (SSSR count). The second kappa shape index (κ2) is 4.23. The predicted molar refractivity (Wildman–Crippen MR) is 38.3 cm³/mol. The van der Waals surface area contributed by atoms with Gasteiger partial charge in [0, 0.05) is 24.7 Å². The van der Waals surface area contributed by atoms with Crippen molar-refractivity contribution in [2.45, 2.75) is 12.8 Å². The molecule has 5 nitrogen and oxygen atoms in total. The Hall–Kier alpha value is -1.10. The summed E-state index contributed by atoms with van der Waals surface area (Å²) < 4.78 is 0. The van der Waals surface area contributed by atoms with Crippen LogP contribution in [0.1, 0.15) is 12.8 Å². The number of quaternary nitrogens is 1. The zero-order chi connectivity index (χ0) is 9.84. The first-order valence-electron chi connectivity index (χ1n) is 4.34. The molecular formula is C8H12NO4-. The van der Waals surface area contributed by atoms with Crippen molar-refractivity contribution >= 4 is 11.9 Å². The van der Waals surface area contributed by atoms with E-state index in [4.69, 9.17) is 0 Å². The molecule has 13 heavy (non-hydrogen) atoms. The van der Waals surface area contributed by atoms with Crippen molar-refractivity contribution < 1.29 is 24.7 Å². The molecule has 0 radical (unpaired) electrons. The maximum absolute atomic E-state index is 10.4. The molecule has 0 aromatic carbocycles. The first-order valence-corrected chi connectivity index (χ1v) is 4.34. The van der Waals surface area contributed by atoms with Gasteiger partial charge in [-0.05, 0) is 0 Å². The SMILES string of the molecule is O=C([O-])C[NH+]1CCC(C(=O)[O-])CC1. The summed E-state index contributed by atoms with van der Waals surface area (Å²) in [6.45, 7) is 1.12. The Morgan fingerprint density at radius 1 is 1.23 bits per heavy atom.